The molecule has 0 fully saturated rings. The Morgan fingerprint density at radius 3 is 2.46 bits per heavy atom. The summed E-state index contributed by atoms with van der Waals surface area (Å²) in [5.74, 6) is -0.796. The minimum absolute atomic E-state index is 0.0308. The number of carbonyl (C=O) groups is 1. The van der Waals surface area contributed by atoms with Crippen LogP contribution >= 0.6 is 23.2 Å². The molecule has 1 heterocycles. The van der Waals surface area contributed by atoms with Crippen LogP contribution in [0, 0.1) is 29.9 Å². The second kappa shape index (κ2) is 7.19. The molecule has 2 aromatic rings. The first-order valence-corrected chi connectivity index (χ1v) is 7.91. The summed E-state index contributed by atoms with van der Waals surface area (Å²) in [5, 5.41) is 18.5. The Morgan fingerprint density at radius 2 is 1.96 bits per heavy atom. The lowest BCUT2D eigenvalue weighted by atomic mass is 10.1. The predicted molar refractivity (Wildman–Crippen MR) is 92.6 cm³/mol. The van der Waals surface area contributed by atoms with Crippen LogP contribution in [-0.4, -0.2) is 20.6 Å². The van der Waals surface area contributed by atoms with Crippen molar-refractivity contribution in [2.24, 2.45) is 5.92 Å². The monoisotopic (exact) mass is 370 g/mol. The summed E-state index contributed by atoms with van der Waals surface area (Å²) in [7, 11) is 0. The van der Waals surface area contributed by atoms with E-state index in [2.05, 4.69) is 10.4 Å². The third-order valence-corrected chi connectivity index (χ3v) is 4.26. The van der Waals surface area contributed by atoms with Crippen LogP contribution < -0.4 is 5.32 Å². The average Bonchev–Trinajstić information content (AvgIpc) is 2.77. The molecule has 7 nitrogen and oxygen atoms in total. The molecule has 24 heavy (non-hydrogen) atoms. The van der Waals surface area contributed by atoms with Gasteiger partial charge in [0.2, 0.25) is 5.91 Å². The van der Waals surface area contributed by atoms with Crippen molar-refractivity contribution in [1.29, 1.82) is 0 Å². The number of halogens is 2. The summed E-state index contributed by atoms with van der Waals surface area (Å²) in [6, 6.07) is 4.93. The number of nitro groups is 1. The fourth-order valence-electron chi connectivity index (χ4n) is 2.34. The lowest BCUT2D eigenvalue weighted by molar-refractivity contribution is -0.386. The van der Waals surface area contributed by atoms with Crippen LogP contribution in [0.25, 0.3) is 0 Å². The number of nitrogens with one attached hydrogen (secondary N) is 1. The molecule has 0 saturated carbocycles. The fraction of sp³-hybridized carbons (Fsp3) is 0.333. The quantitative estimate of drug-likeness (QED) is 0.636. The van der Waals surface area contributed by atoms with E-state index in [0.29, 0.717) is 27.1 Å². The Hall–Kier alpha value is -2.12. The van der Waals surface area contributed by atoms with Gasteiger partial charge < -0.3 is 5.32 Å². The molecule has 128 valence electrons. The molecule has 1 aromatic heterocycles. The normalized spacial score (nSPS) is 12.0. The zero-order valence-corrected chi connectivity index (χ0v) is 14.9. The molecule has 1 aromatic carbocycles. The van der Waals surface area contributed by atoms with Crippen molar-refractivity contribution >= 4 is 40.5 Å². The summed E-state index contributed by atoms with van der Waals surface area (Å²) < 4.78 is 1.46. The first kappa shape index (κ1) is 18.2. The third kappa shape index (κ3) is 3.68. The topological polar surface area (TPSA) is 90.1 Å². The summed E-state index contributed by atoms with van der Waals surface area (Å²) in [4.78, 5) is 22.9. The van der Waals surface area contributed by atoms with Gasteiger partial charge in [0.1, 0.15) is 11.4 Å². The highest BCUT2D eigenvalue weighted by molar-refractivity contribution is 6.39. The van der Waals surface area contributed by atoms with Crippen LogP contribution in [0.1, 0.15) is 18.3 Å². The van der Waals surface area contributed by atoms with Crippen molar-refractivity contribution in [2.75, 3.05) is 5.32 Å². The lowest BCUT2D eigenvalue weighted by Crippen LogP contribution is -2.25. The number of carbonyl (C=O) groups excluding carboxylic acids is 1. The maximum atomic E-state index is 12.4. The smallest absolute Gasteiger partial charge is 0.312 e. The van der Waals surface area contributed by atoms with E-state index in [4.69, 9.17) is 23.2 Å². The summed E-state index contributed by atoms with van der Waals surface area (Å²) in [6.07, 6.45) is 0. The first-order valence-electron chi connectivity index (χ1n) is 7.15. The summed E-state index contributed by atoms with van der Waals surface area (Å²) in [5.41, 5.74) is 1.04. The number of hydrogen-bond donors (Lipinski definition) is 1. The molecule has 0 aliphatic heterocycles. The number of rotatable bonds is 5. The maximum absolute atomic E-state index is 12.4. The van der Waals surface area contributed by atoms with Crippen LogP contribution in [0.15, 0.2) is 18.2 Å². The first-order chi connectivity index (χ1) is 11.2. The van der Waals surface area contributed by atoms with Crippen molar-refractivity contribution in [3.05, 3.63) is 49.7 Å². The molecular formula is C15H16Cl2N4O3. The van der Waals surface area contributed by atoms with E-state index < -0.39 is 10.8 Å². The molecule has 1 N–H and O–H groups in total. The molecule has 0 spiro atoms. The van der Waals surface area contributed by atoms with E-state index in [1.807, 2.05) is 0 Å². The van der Waals surface area contributed by atoms with Crippen molar-refractivity contribution in [3.63, 3.8) is 0 Å². The molecule has 1 atom stereocenters. The number of nitrogens with zero attached hydrogens (tertiary/aromatic N) is 3. The Kier molecular flexibility index (Phi) is 5.46. The van der Waals surface area contributed by atoms with Crippen molar-refractivity contribution in [1.82, 2.24) is 9.78 Å². The number of benzene rings is 1. The van der Waals surface area contributed by atoms with E-state index in [1.165, 1.54) is 4.68 Å². The van der Waals surface area contributed by atoms with Gasteiger partial charge in [0, 0.05) is 0 Å². The minimum atomic E-state index is -0.491. The fourth-order valence-corrected chi connectivity index (χ4v) is 2.83. The molecule has 0 saturated heterocycles. The van der Waals surface area contributed by atoms with Crippen LogP contribution in [-0.2, 0) is 11.3 Å². The van der Waals surface area contributed by atoms with Crippen molar-refractivity contribution in [2.45, 2.75) is 27.3 Å². The Labute approximate surface area is 148 Å². The largest absolute Gasteiger partial charge is 0.323 e. The van der Waals surface area contributed by atoms with Gasteiger partial charge in [-0.25, -0.2) is 0 Å². The number of aromatic nitrogens is 2. The highest BCUT2D eigenvalue weighted by Gasteiger charge is 2.24. The average molecular weight is 371 g/mol. The van der Waals surface area contributed by atoms with E-state index in [9.17, 15) is 14.9 Å². The molecule has 9 heteroatoms. The van der Waals surface area contributed by atoms with E-state index in [-0.39, 0.29) is 18.1 Å². The Balaban J connectivity index is 2.15. The number of hydrogen-bond acceptors (Lipinski definition) is 4. The highest BCUT2D eigenvalue weighted by Crippen LogP contribution is 2.30. The standard InChI is InChI=1S/C15H16Cl2N4O3/c1-8(7-20-10(3)14(21(23)24)9(2)19-20)15(22)18-13-11(16)5-4-6-12(13)17/h4-6,8H,7H2,1-3H3,(H,18,22). The highest BCUT2D eigenvalue weighted by atomic mass is 35.5. The van der Waals surface area contributed by atoms with Gasteiger partial charge in [0.15, 0.2) is 0 Å². The number of amides is 1. The van der Waals surface area contributed by atoms with E-state index in [1.54, 1.807) is 39.0 Å². The number of para-hydroxylation sites is 1. The minimum Gasteiger partial charge on any atom is -0.323 e. The van der Waals surface area contributed by atoms with Gasteiger partial charge in [0.25, 0.3) is 0 Å². The van der Waals surface area contributed by atoms with Crippen molar-refractivity contribution < 1.29 is 9.72 Å². The molecule has 0 bridgehead atoms. The lowest BCUT2D eigenvalue weighted by Gasteiger charge is -2.14. The molecule has 0 aliphatic carbocycles. The predicted octanol–water partition coefficient (Wildman–Crippen LogP) is 3.99. The molecular weight excluding hydrogens is 355 g/mol. The molecule has 2 rings (SSSR count). The van der Waals surface area contributed by atoms with Crippen LogP contribution in [0.3, 0.4) is 0 Å². The number of aryl methyl sites for hydroxylation is 1. The van der Waals surface area contributed by atoms with Crippen LogP contribution in [0.2, 0.25) is 10.0 Å². The maximum Gasteiger partial charge on any atom is 0.312 e. The molecule has 0 aliphatic rings. The zero-order valence-electron chi connectivity index (χ0n) is 13.3. The second-order valence-electron chi connectivity index (χ2n) is 5.45. The van der Waals surface area contributed by atoms with Gasteiger partial charge in [-0.1, -0.05) is 36.2 Å². The van der Waals surface area contributed by atoms with Gasteiger partial charge in [-0.2, -0.15) is 5.10 Å². The van der Waals surface area contributed by atoms with Crippen LogP contribution in [0.5, 0.6) is 0 Å². The van der Waals surface area contributed by atoms with Gasteiger partial charge in [0.05, 0.1) is 33.1 Å². The van der Waals surface area contributed by atoms with E-state index >= 15 is 0 Å². The van der Waals surface area contributed by atoms with Gasteiger partial charge in [-0.15, -0.1) is 0 Å². The summed E-state index contributed by atoms with van der Waals surface area (Å²) in [6.45, 7) is 5.07. The zero-order chi connectivity index (χ0) is 18.0. The van der Waals surface area contributed by atoms with Gasteiger partial charge in [-0.05, 0) is 26.0 Å². The van der Waals surface area contributed by atoms with Crippen LogP contribution in [0.4, 0.5) is 11.4 Å². The Bertz CT molecular complexity index is 784. The second-order valence-corrected chi connectivity index (χ2v) is 6.26. The molecule has 1 amide bonds. The Morgan fingerprint density at radius 1 is 1.38 bits per heavy atom. The van der Waals surface area contributed by atoms with Gasteiger partial charge in [-0.3, -0.25) is 19.6 Å². The van der Waals surface area contributed by atoms with Gasteiger partial charge >= 0.3 is 5.69 Å². The third-order valence-electron chi connectivity index (χ3n) is 3.63. The summed E-state index contributed by atoms with van der Waals surface area (Å²) >= 11 is 12.1. The molecule has 0 radical (unpaired) electrons. The van der Waals surface area contributed by atoms with E-state index in [0.717, 1.165) is 0 Å². The SMILES string of the molecule is Cc1nn(CC(C)C(=O)Nc2c(Cl)cccc2Cl)c(C)c1[N+](=O)[O-]. The van der Waals surface area contributed by atoms with Crippen molar-refractivity contribution in [3.8, 4) is 0 Å². The number of anilines is 1. The molecule has 1 unspecified atom stereocenters.